The van der Waals surface area contributed by atoms with Crippen molar-refractivity contribution in [3.63, 3.8) is 0 Å². The predicted molar refractivity (Wildman–Crippen MR) is 195 cm³/mol. The molecule has 222 valence electrons. The van der Waals surface area contributed by atoms with Gasteiger partial charge in [-0.3, -0.25) is 0 Å². The molecule has 9 rings (SSSR count). The second-order valence-corrected chi connectivity index (χ2v) is 13.4. The molecule has 1 heteroatoms. The molecule has 2 aliphatic rings. The zero-order valence-electron chi connectivity index (χ0n) is 26.0. The van der Waals surface area contributed by atoms with E-state index in [1.54, 1.807) is 5.56 Å². The highest BCUT2D eigenvalue weighted by atomic mass is 15.1. The highest BCUT2D eigenvalue weighted by Crippen LogP contribution is 2.53. The summed E-state index contributed by atoms with van der Waals surface area (Å²) in [6, 6.07) is 58.1. The van der Waals surface area contributed by atoms with E-state index in [4.69, 9.17) is 0 Å². The number of para-hydroxylation sites is 1. The average molecular weight is 592 g/mol. The summed E-state index contributed by atoms with van der Waals surface area (Å²) in [6.45, 7) is 0. The van der Waals surface area contributed by atoms with Gasteiger partial charge in [-0.2, -0.15) is 0 Å². The fourth-order valence-corrected chi connectivity index (χ4v) is 8.46. The van der Waals surface area contributed by atoms with Crippen LogP contribution >= 0.6 is 0 Å². The van der Waals surface area contributed by atoms with E-state index < -0.39 is 0 Å². The first-order chi connectivity index (χ1) is 22.8. The van der Waals surface area contributed by atoms with Gasteiger partial charge >= 0.3 is 0 Å². The Morgan fingerprint density at radius 3 is 1.61 bits per heavy atom. The molecule has 0 heterocycles. The van der Waals surface area contributed by atoms with Crippen molar-refractivity contribution >= 4 is 38.6 Å². The molecule has 0 N–H and O–H groups in total. The van der Waals surface area contributed by atoms with Crippen LogP contribution < -0.4 is 4.90 Å². The molecule has 3 unspecified atom stereocenters. The first kappa shape index (κ1) is 27.2. The van der Waals surface area contributed by atoms with Crippen molar-refractivity contribution in [3.8, 4) is 22.3 Å². The van der Waals surface area contributed by atoms with Gasteiger partial charge in [0.15, 0.2) is 0 Å². The van der Waals surface area contributed by atoms with Crippen molar-refractivity contribution in [2.75, 3.05) is 4.90 Å². The molecular weight excluding hydrogens is 555 g/mol. The lowest BCUT2D eigenvalue weighted by Crippen LogP contribution is -2.10. The molecule has 0 radical (unpaired) electrons. The maximum absolute atomic E-state index is 2.39. The Bertz CT molecular complexity index is 2140. The zero-order chi connectivity index (χ0) is 30.5. The van der Waals surface area contributed by atoms with E-state index in [1.165, 1.54) is 75.2 Å². The summed E-state index contributed by atoms with van der Waals surface area (Å²) < 4.78 is 0. The monoisotopic (exact) mass is 591 g/mol. The molecule has 2 saturated carbocycles. The van der Waals surface area contributed by atoms with Crippen molar-refractivity contribution < 1.29 is 0 Å². The van der Waals surface area contributed by atoms with Crippen LogP contribution in [0, 0.1) is 11.8 Å². The van der Waals surface area contributed by atoms with E-state index >= 15 is 0 Å². The molecule has 2 bridgehead atoms. The Morgan fingerprint density at radius 2 is 0.978 bits per heavy atom. The molecule has 7 aromatic carbocycles. The van der Waals surface area contributed by atoms with Gasteiger partial charge in [0.1, 0.15) is 0 Å². The summed E-state index contributed by atoms with van der Waals surface area (Å²) in [5, 5.41) is 5.04. The molecule has 3 atom stereocenters. The molecule has 46 heavy (non-hydrogen) atoms. The van der Waals surface area contributed by atoms with Gasteiger partial charge in [0.05, 0.1) is 5.69 Å². The Hall–Kier alpha value is -5.14. The lowest BCUT2D eigenvalue weighted by atomic mass is 9.83. The first-order valence-corrected chi connectivity index (χ1v) is 16.8. The van der Waals surface area contributed by atoms with Crippen LogP contribution in [-0.2, 0) is 0 Å². The number of anilines is 3. The minimum absolute atomic E-state index is 0.788. The smallest absolute Gasteiger partial charge is 0.0546 e. The van der Waals surface area contributed by atoms with Crippen LogP contribution in [0.25, 0.3) is 43.8 Å². The first-order valence-electron chi connectivity index (χ1n) is 16.8. The van der Waals surface area contributed by atoms with Crippen molar-refractivity contribution in [2.24, 2.45) is 11.8 Å². The largest absolute Gasteiger partial charge is 0.310 e. The van der Waals surface area contributed by atoms with Gasteiger partial charge in [-0.25, -0.2) is 0 Å². The van der Waals surface area contributed by atoms with Gasteiger partial charge in [0.25, 0.3) is 0 Å². The van der Waals surface area contributed by atoms with Gasteiger partial charge in [-0.1, -0.05) is 134 Å². The van der Waals surface area contributed by atoms with Crippen molar-refractivity contribution in [2.45, 2.75) is 31.6 Å². The fourth-order valence-electron chi connectivity index (χ4n) is 8.46. The summed E-state index contributed by atoms with van der Waals surface area (Å²) >= 11 is 0. The van der Waals surface area contributed by atoms with Gasteiger partial charge in [-0.05, 0) is 111 Å². The third-order valence-corrected chi connectivity index (χ3v) is 10.8. The van der Waals surface area contributed by atoms with Crippen LogP contribution in [0.5, 0.6) is 0 Å². The molecule has 7 aromatic rings. The maximum Gasteiger partial charge on any atom is 0.0546 e. The SMILES string of the molecule is c1ccc(N(c2ccc(-c3ccc(-c4ccc(C5CC6CCC5C6)cc4)cc3)cc2)c2cc3ccccc3c3ccccc23)cc1. The fraction of sp³-hybridized carbons (Fsp3) is 0.156. The van der Waals surface area contributed by atoms with Gasteiger partial charge < -0.3 is 4.90 Å². The van der Waals surface area contributed by atoms with Crippen LogP contribution in [0.2, 0.25) is 0 Å². The van der Waals surface area contributed by atoms with Crippen molar-refractivity contribution in [1.29, 1.82) is 0 Å². The molecular formula is C45H37N. The Kier molecular flexibility index (Phi) is 6.70. The molecule has 2 fully saturated rings. The zero-order valence-corrected chi connectivity index (χ0v) is 26.0. The number of hydrogen-bond donors (Lipinski definition) is 0. The Morgan fingerprint density at radius 1 is 0.435 bits per heavy atom. The van der Waals surface area contributed by atoms with Crippen LogP contribution in [0.4, 0.5) is 17.1 Å². The van der Waals surface area contributed by atoms with E-state index in [2.05, 4.69) is 163 Å². The van der Waals surface area contributed by atoms with Crippen LogP contribution in [-0.4, -0.2) is 0 Å². The lowest BCUT2D eigenvalue weighted by Gasteiger charge is -2.27. The lowest BCUT2D eigenvalue weighted by molar-refractivity contribution is 0.420. The van der Waals surface area contributed by atoms with E-state index in [9.17, 15) is 0 Å². The predicted octanol–water partition coefficient (Wildman–Crippen LogP) is 12.7. The molecule has 0 aliphatic heterocycles. The third kappa shape index (κ3) is 4.79. The summed E-state index contributed by atoms with van der Waals surface area (Å²) in [7, 11) is 0. The van der Waals surface area contributed by atoms with Gasteiger partial charge in [0.2, 0.25) is 0 Å². The molecule has 0 spiro atoms. The highest BCUT2D eigenvalue weighted by molar-refractivity contribution is 6.14. The third-order valence-electron chi connectivity index (χ3n) is 10.8. The summed E-state index contributed by atoms with van der Waals surface area (Å²) in [5.41, 5.74) is 10.1. The van der Waals surface area contributed by atoms with Crippen molar-refractivity contribution in [1.82, 2.24) is 0 Å². The van der Waals surface area contributed by atoms with Crippen LogP contribution in [0.15, 0.2) is 158 Å². The minimum atomic E-state index is 0.788. The molecule has 0 aromatic heterocycles. The van der Waals surface area contributed by atoms with E-state index in [-0.39, 0.29) is 0 Å². The molecule has 0 amide bonds. The molecule has 2 aliphatic carbocycles. The minimum Gasteiger partial charge on any atom is -0.310 e. The second kappa shape index (κ2) is 11.3. The number of hydrogen-bond acceptors (Lipinski definition) is 1. The molecule has 1 nitrogen and oxygen atoms in total. The van der Waals surface area contributed by atoms with Crippen LogP contribution in [0.3, 0.4) is 0 Å². The van der Waals surface area contributed by atoms with E-state index in [0.717, 1.165) is 29.1 Å². The van der Waals surface area contributed by atoms with Crippen LogP contribution in [0.1, 0.15) is 37.2 Å². The van der Waals surface area contributed by atoms with E-state index in [1.807, 2.05) is 0 Å². The summed E-state index contributed by atoms with van der Waals surface area (Å²) in [5.74, 6) is 2.69. The normalized spacial score (nSPS) is 18.7. The van der Waals surface area contributed by atoms with E-state index in [0.29, 0.717) is 0 Å². The quantitative estimate of drug-likeness (QED) is 0.174. The average Bonchev–Trinajstić information content (AvgIpc) is 3.78. The summed E-state index contributed by atoms with van der Waals surface area (Å²) in [4.78, 5) is 2.39. The van der Waals surface area contributed by atoms with Gasteiger partial charge in [0, 0.05) is 16.8 Å². The van der Waals surface area contributed by atoms with Gasteiger partial charge in [-0.15, -0.1) is 0 Å². The number of nitrogens with zero attached hydrogens (tertiary/aromatic N) is 1. The second-order valence-electron chi connectivity index (χ2n) is 13.4. The maximum atomic E-state index is 2.39. The Labute approximate surface area is 271 Å². The summed E-state index contributed by atoms with van der Waals surface area (Å²) in [6.07, 6.45) is 5.75. The number of fused-ring (bicyclic) bond motifs is 5. The van der Waals surface area contributed by atoms with Crippen molar-refractivity contribution in [3.05, 3.63) is 163 Å². The number of benzene rings is 7. The molecule has 0 saturated heterocycles. The highest BCUT2D eigenvalue weighted by Gasteiger charge is 2.39. The number of rotatable bonds is 6. The topological polar surface area (TPSA) is 3.24 Å². The standard InChI is InChI=1S/C45H37N/c1-2-9-39(10-3-1)46(45-30-37-8-4-5-11-41(37)42-12-6-7-13-43(42)45)40-26-24-35(25-27-40)33-18-16-32(17-19-33)34-20-22-36(23-21-34)44-29-31-14-15-38(44)28-31/h1-13,16-27,30-31,38,44H,14-15,28-29H2. The Balaban J connectivity index is 1.03.